The smallest absolute Gasteiger partial charge is 0.308 e. The lowest BCUT2D eigenvalue weighted by molar-refractivity contribution is -0.182. The van der Waals surface area contributed by atoms with Crippen LogP contribution in [0.25, 0.3) is 0 Å². The molecule has 13 heteroatoms. The van der Waals surface area contributed by atoms with Crippen molar-refractivity contribution in [2.75, 3.05) is 13.9 Å². The Morgan fingerprint density at radius 2 is 1.67 bits per heavy atom. The summed E-state index contributed by atoms with van der Waals surface area (Å²) in [6.07, 6.45) is -3.15. The fraction of sp³-hybridized carbons (Fsp3) is 0.571. The maximum atomic E-state index is 15.0. The Kier molecular flexibility index (Phi) is 8.58. The van der Waals surface area contributed by atoms with Gasteiger partial charge in [0.05, 0.1) is 24.8 Å². The Hall–Kier alpha value is -3.65. The van der Waals surface area contributed by atoms with Gasteiger partial charge in [0, 0.05) is 26.3 Å². The lowest BCUT2D eigenvalue weighted by atomic mass is 9.69. The van der Waals surface area contributed by atoms with Crippen molar-refractivity contribution in [1.82, 2.24) is 4.90 Å². The lowest BCUT2D eigenvalue weighted by Gasteiger charge is -2.55. The monoisotopic (exact) mass is 683 g/mol. The molecule has 0 N–H and O–H groups in total. The summed E-state index contributed by atoms with van der Waals surface area (Å²) in [5, 5.41) is -0.222. The molecule has 6 rings (SSSR count). The molecule has 0 bridgehead atoms. The van der Waals surface area contributed by atoms with E-state index in [4.69, 9.17) is 37.6 Å². The van der Waals surface area contributed by atoms with E-state index in [1.54, 1.807) is 31.9 Å². The summed E-state index contributed by atoms with van der Waals surface area (Å²) in [6, 6.07) is 8.57. The van der Waals surface area contributed by atoms with Crippen molar-refractivity contribution in [3.63, 3.8) is 0 Å². The van der Waals surface area contributed by atoms with E-state index in [9.17, 15) is 14.4 Å². The van der Waals surface area contributed by atoms with Crippen molar-refractivity contribution < 1.29 is 52.0 Å². The van der Waals surface area contributed by atoms with E-state index >= 15 is 0 Å². The van der Waals surface area contributed by atoms with Crippen LogP contribution in [0.2, 0.25) is 18.1 Å². The van der Waals surface area contributed by atoms with Gasteiger partial charge in [-0.2, -0.15) is 0 Å². The Morgan fingerprint density at radius 3 is 2.27 bits per heavy atom. The van der Waals surface area contributed by atoms with Crippen molar-refractivity contribution in [2.45, 2.75) is 115 Å². The zero-order valence-corrected chi connectivity index (χ0v) is 30.2. The largest absolute Gasteiger partial charge is 0.497 e. The number of amides is 1. The van der Waals surface area contributed by atoms with Crippen LogP contribution >= 0.6 is 0 Å². The minimum absolute atomic E-state index is 0.0168. The number of nitrogens with zero attached hydrogens (tertiary/aromatic N) is 1. The summed E-state index contributed by atoms with van der Waals surface area (Å²) < 4.78 is 49.2. The van der Waals surface area contributed by atoms with Gasteiger partial charge in [-0.05, 0) is 61.3 Å². The van der Waals surface area contributed by atoms with E-state index in [0.29, 0.717) is 17.1 Å². The van der Waals surface area contributed by atoms with Crippen LogP contribution in [-0.4, -0.2) is 81.2 Å². The van der Waals surface area contributed by atoms with Gasteiger partial charge in [0.25, 0.3) is 5.91 Å². The zero-order chi connectivity index (χ0) is 34.9. The SMILES string of the molecule is COc1ccc(CN2C(=O)c3c(cc4c(c3OC(C)=O)OCO4)[C@H]3[C@H](O[Si](C)(C)C(C)(C)C)[C@H](OC(C)=O)[C@H]4OC(C)(C)O[C@H]4[C@@H]32)cc1. The summed E-state index contributed by atoms with van der Waals surface area (Å²) in [6.45, 7) is 16.9. The molecule has 2 aromatic carbocycles. The van der Waals surface area contributed by atoms with E-state index < -0.39 is 62.4 Å². The number of hydrogen-bond acceptors (Lipinski definition) is 11. The number of ether oxygens (including phenoxy) is 7. The highest BCUT2D eigenvalue weighted by molar-refractivity contribution is 6.74. The van der Waals surface area contributed by atoms with Crippen molar-refractivity contribution in [3.05, 3.63) is 47.0 Å². The standard InChI is InChI=1S/C35H45NO11Si/c1-18(37)43-28-25-22(15-23-27(28)42-17-41-23)24-26(36(33(25)39)16-20-11-13-21(40-8)14-12-20)30-32(46-35(6,7)45-30)31(44-19(2)38)29(24)47-48(9,10)34(3,4)5/h11-15,24,26,29-32H,16-17H2,1-10H3/t24-,26-,29+,30+,31+,32+/m1/s1. The summed E-state index contributed by atoms with van der Waals surface area (Å²) >= 11 is 0. The van der Waals surface area contributed by atoms with E-state index in [1.807, 2.05) is 24.3 Å². The molecule has 0 radical (unpaired) electrons. The second-order valence-electron chi connectivity index (χ2n) is 14.8. The van der Waals surface area contributed by atoms with Crippen molar-refractivity contribution in [3.8, 4) is 23.0 Å². The molecule has 2 aromatic rings. The molecule has 48 heavy (non-hydrogen) atoms. The van der Waals surface area contributed by atoms with Gasteiger partial charge in [-0.1, -0.05) is 32.9 Å². The molecule has 0 spiro atoms. The van der Waals surface area contributed by atoms with Crippen LogP contribution in [-0.2, 0) is 34.8 Å². The molecule has 0 unspecified atom stereocenters. The first-order valence-electron chi connectivity index (χ1n) is 16.2. The van der Waals surface area contributed by atoms with E-state index in [2.05, 4.69) is 33.9 Å². The number of rotatable bonds is 7. The third-order valence-corrected chi connectivity index (χ3v) is 14.5. The molecule has 6 atom stereocenters. The highest BCUT2D eigenvalue weighted by Crippen LogP contribution is 2.56. The second kappa shape index (κ2) is 12.0. The predicted octanol–water partition coefficient (Wildman–Crippen LogP) is 5.31. The summed E-state index contributed by atoms with van der Waals surface area (Å²) in [7, 11) is -1.00. The number of benzene rings is 2. The molecule has 1 aliphatic carbocycles. The first-order valence-corrected chi connectivity index (χ1v) is 19.1. The van der Waals surface area contributed by atoms with Crippen LogP contribution in [0.15, 0.2) is 30.3 Å². The molecule has 4 aliphatic rings. The van der Waals surface area contributed by atoms with Crippen molar-refractivity contribution >= 4 is 26.2 Å². The van der Waals surface area contributed by atoms with Gasteiger partial charge in [0.1, 0.15) is 18.0 Å². The van der Waals surface area contributed by atoms with Gasteiger partial charge < -0.3 is 42.5 Å². The lowest BCUT2D eigenvalue weighted by Crippen LogP contribution is -2.69. The van der Waals surface area contributed by atoms with E-state index in [0.717, 1.165) is 5.56 Å². The van der Waals surface area contributed by atoms with Crippen LogP contribution < -0.4 is 18.9 Å². The molecule has 12 nitrogen and oxygen atoms in total. The number of hydrogen-bond donors (Lipinski definition) is 0. The third-order valence-electron chi connectivity index (χ3n) is 10.0. The van der Waals surface area contributed by atoms with Gasteiger partial charge in [0.15, 0.2) is 31.7 Å². The van der Waals surface area contributed by atoms with Crippen molar-refractivity contribution in [2.24, 2.45) is 0 Å². The van der Waals surface area contributed by atoms with Gasteiger partial charge >= 0.3 is 11.9 Å². The maximum Gasteiger partial charge on any atom is 0.308 e. The Balaban J connectivity index is 1.63. The zero-order valence-electron chi connectivity index (χ0n) is 29.2. The van der Waals surface area contributed by atoms with Crippen LogP contribution in [0.3, 0.4) is 0 Å². The Labute approximate surface area is 282 Å². The molecule has 1 saturated heterocycles. The normalized spacial score (nSPS) is 27.1. The minimum atomic E-state index is -2.59. The third kappa shape index (κ3) is 5.95. The van der Waals surface area contributed by atoms with Crippen molar-refractivity contribution in [1.29, 1.82) is 0 Å². The number of carbonyl (C=O) groups is 3. The number of methoxy groups -OCH3 is 1. The summed E-state index contributed by atoms with van der Waals surface area (Å²) in [5.74, 6) is -2.03. The van der Waals surface area contributed by atoms with Crippen LogP contribution in [0, 0.1) is 0 Å². The molecule has 3 aliphatic heterocycles. The van der Waals surface area contributed by atoms with Crippen LogP contribution in [0.1, 0.15) is 75.9 Å². The van der Waals surface area contributed by atoms with Gasteiger partial charge in [0.2, 0.25) is 12.5 Å². The van der Waals surface area contributed by atoms with Gasteiger partial charge in [-0.3, -0.25) is 14.4 Å². The first-order chi connectivity index (χ1) is 22.4. The first kappa shape index (κ1) is 34.2. The molecule has 1 amide bonds. The highest BCUT2D eigenvalue weighted by Gasteiger charge is 2.65. The van der Waals surface area contributed by atoms with Gasteiger partial charge in [-0.15, -0.1) is 0 Å². The second-order valence-corrected chi connectivity index (χ2v) is 19.5. The molecule has 3 heterocycles. The van der Waals surface area contributed by atoms with E-state index in [-0.39, 0.29) is 41.3 Å². The van der Waals surface area contributed by atoms with E-state index in [1.165, 1.54) is 13.8 Å². The molecule has 2 fully saturated rings. The summed E-state index contributed by atoms with van der Waals surface area (Å²) in [4.78, 5) is 42.0. The fourth-order valence-electron chi connectivity index (χ4n) is 6.98. The summed E-state index contributed by atoms with van der Waals surface area (Å²) in [5.41, 5.74) is 1.52. The van der Waals surface area contributed by atoms with Gasteiger partial charge in [-0.25, -0.2) is 0 Å². The molecular weight excluding hydrogens is 638 g/mol. The maximum absolute atomic E-state index is 15.0. The number of esters is 2. The average molecular weight is 684 g/mol. The Bertz CT molecular complexity index is 1620. The minimum Gasteiger partial charge on any atom is -0.497 e. The molecular formula is C35H45NO11Si. The highest BCUT2D eigenvalue weighted by atomic mass is 28.4. The quantitative estimate of drug-likeness (QED) is 0.214. The van der Waals surface area contributed by atoms with Crippen LogP contribution in [0.5, 0.6) is 23.0 Å². The van der Waals surface area contributed by atoms with Crippen LogP contribution in [0.4, 0.5) is 0 Å². The Morgan fingerprint density at radius 1 is 1.00 bits per heavy atom. The number of carbonyl (C=O) groups excluding carboxylic acids is 3. The molecule has 260 valence electrons. The predicted molar refractivity (Wildman–Crippen MR) is 175 cm³/mol. The number of fused-ring (bicyclic) bond motifs is 6. The fourth-order valence-corrected chi connectivity index (χ4v) is 8.30. The topological polar surface area (TPSA) is 128 Å². The average Bonchev–Trinajstić information content (AvgIpc) is 3.58. The molecule has 0 aromatic heterocycles. The molecule has 1 saturated carbocycles.